The first-order valence-electron chi connectivity index (χ1n) is 8.06. The van der Waals surface area contributed by atoms with E-state index in [0.717, 1.165) is 54.6 Å². The Morgan fingerprint density at radius 1 is 1.18 bits per heavy atom. The number of hydrogen-bond acceptors (Lipinski definition) is 3. The molecule has 1 N–H and O–H groups in total. The Balaban J connectivity index is 1.81. The number of aromatic nitrogens is 2. The fraction of sp³-hybridized carbons (Fsp3) is 0.471. The third-order valence-electron chi connectivity index (χ3n) is 4.47. The van der Waals surface area contributed by atoms with Crippen LogP contribution in [0.4, 0.5) is 5.82 Å². The molecule has 2 aliphatic heterocycles. The van der Waals surface area contributed by atoms with Gasteiger partial charge in [-0.3, -0.25) is 0 Å². The molecule has 1 saturated heterocycles. The van der Waals surface area contributed by atoms with Gasteiger partial charge in [-0.05, 0) is 56.4 Å². The Bertz CT molecular complexity index is 659. The van der Waals surface area contributed by atoms with Gasteiger partial charge in [0.05, 0.1) is 11.4 Å². The van der Waals surface area contributed by atoms with Gasteiger partial charge in [0.1, 0.15) is 11.9 Å². The minimum atomic E-state index is 0.155. The number of halogens is 1. The van der Waals surface area contributed by atoms with Gasteiger partial charge in [0.15, 0.2) is 0 Å². The second-order valence-corrected chi connectivity index (χ2v) is 6.42. The van der Waals surface area contributed by atoms with E-state index in [1.54, 1.807) is 0 Å². The second-order valence-electron chi connectivity index (χ2n) is 5.99. The largest absolute Gasteiger partial charge is 0.372 e. The molecule has 0 saturated carbocycles. The van der Waals surface area contributed by atoms with Gasteiger partial charge < -0.3 is 10.1 Å². The fourth-order valence-electron chi connectivity index (χ4n) is 3.35. The van der Waals surface area contributed by atoms with Crippen LogP contribution in [-0.4, -0.2) is 22.9 Å². The molecule has 2 aromatic rings. The molecule has 0 spiro atoms. The van der Waals surface area contributed by atoms with Gasteiger partial charge >= 0.3 is 0 Å². The van der Waals surface area contributed by atoms with Gasteiger partial charge in [-0.2, -0.15) is 5.10 Å². The highest BCUT2D eigenvalue weighted by Gasteiger charge is 2.28. The van der Waals surface area contributed by atoms with E-state index in [0.29, 0.717) is 0 Å². The highest BCUT2D eigenvalue weighted by atomic mass is 35.5. The number of nitrogens with one attached hydrogen (secondary N) is 1. The zero-order valence-corrected chi connectivity index (χ0v) is 13.3. The van der Waals surface area contributed by atoms with Gasteiger partial charge in [-0.15, -0.1) is 0 Å². The zero-order valence-electron chi connectivity index (χ0n) is 12.5. The summed E-state index contributed by atoms with van der Waals surface area (Å²) in [6.45, 7) is 1.85. The van der Waals surface area contributed by atoms with Crippen LogP contribution >= 0.6 is 11.6 Å². The van der Waals surface area contributed by atoms with E-state index in [1.807, 2.05) is 28.9 Å². The van der Waals surface area contributed by atoms with Crippen LogP contribution in [0.1, 0.15) is 43.0 Å². The number of benzene rings is 1. The topological polar surface area (TPSA) is 39.1 Å². The number of rotatable bonds is 2. The van der Waals surface area contributed by atoms with Crippen LogP contribution in [0.15, 0.2) is 24.3 Å². The lowest BCUT2D eigenvalue weighted by molar-refractivity contribution is 0.107. The van der Waals surface area contributed by atoms with Gasteiger partial charge in [-0.1, -0.05) is 11.6 Å². The number of anilines is 1. The van der Waals surface area contributed by atoms with Crippen LogP contribution in [0.25, 0.3) is 5.69 Å². The molecule has 4 nitrogen and oxygen atoms in total. The zero-order chi connectivity index (χ0) is 14.9. The lowest BCUT2D eigenvalue weighted by Crippen LogP contribution is -2.07. The molecule has 0 aliphatic carbocycles. The standard InChI is InChI=1S/C17H20ClN3O/c18-12-6-8-13(9-7-12)21-17-14(4-1-2-10-19-17)16(20-21)15-5-3-11-22-15/h6-9,15,19H,1-5,10-11H2. The average Bonchev–Trinajstić information content (AvgIpc) is 3.10. The predicted octanol–water partition coefficient (Wildman–Crippen LogP) is 4.13. The van der Waals surface area contributed by atoms with Crippen molar-refractivity contribution in [1.29, 1.82) is 0 Å². The molecule has 0 bridgehead atoms. The van der Waals surface area contributed by atoms with Gasteiger partial charge in [-0.25, -0.2) is 4.68 Å². The summed E-state index contributed by atoms with van der Waals surface area (Å²) in [6, 6.07) is 7.85. The Kier molecular flexibility index (Phi) is 3.80. The summed E-state index contributed by atoms with van der Waals surface area (Å²) < 4.78 is 7.91. The Morgan fingerprint density at radius 2 is 2.05 bits per heavy atom. The van der Waals surface area contributed by atoms with Gasteiger partial charge in [0, 0.05) is 23.7 Å². The van der Waals surface area contributed by atoms with E-state index in [1.165, 1.54) is 18.4 Å². The molecule has 1 fully saturated rings. The van der Waals surface area contributed by atoms with Crippen LogP contribution in [0, 0.1) is 0 Å². The molecular weight excluding hydrogens is 298 g/mol. The third kappa shape index (κ3) is 2.50. The molecule has 1 aromatic heterocycles. The quantitative estimate of drug-likeness (QED) is 0.905. The summed E-state index contributed by atoms with van der Waals surface area (Å²) in [5.41, 5.74) is 3.50. The summed E-state index contributed by atoms with van der Waals surface area (Å²) in [5.74, 6) is 1.13. The van der Waals surface area contributed by atoms with Crippen LogP contribution in [-0.2, 0) is 11.2 Å². The smallest absolute Gasteiger partial charge is 0.133 e. The summed E-state index contributed by atoms with van der Waals surface area (Å²) in [6.07, 6.45) is 5.82. The van der Waals surface area contributed by atoms with Crippen LogP contribution in [0.3, 0.4) is 0 Å². The molecule has 5 heteroatoms. The number of nitrogens with zero attached hydrogens (tertiary/aromatic N) is 2. The van der Waals surface area contributed by atoms with E-state index >= 15 is 0 Å². The lowest BCUT2D eigenvalue weighted by Gasteiger charge is -2.09. The lowest BCUT2D eigenvalue weighted by atomic mass is 10.0. The Morgan fingerprint density at radius 3 is 2.82 bits per heavy atom. The highest BCUT2D eigenvalue weighted by Crippen LogP contribution is 2.36. The predicted molar refractivity (Wildman–Crippen MR) is 87.9 cm³/mol. The minimum absolute atomic E-state index is 0.155. The minimum Gasteiger partial charge on any atom is -0.372 e. The molecule has 1 unspecified atom stereocenters. The summed E-state index contributed by atoms with van der Waals surface area (Å²) >= 11 is 6.01. The first-order valence-corrected chi connectivity index (χ1v) is 8.44. The molecule has 0 amide bonds. The molecule has 2 aliphatic rings. The average molecular weight is 318 g/mol. The molecule has 116 valence electrons. The molecule has 4 rings (SSSR count). The molecular formula is C17H20ClN3O. The van der Waals surface area contributed by atoms with Crippen molar-refractivity contribution < 1.29 is 4.74 Å². The second kappa shape index (κ2) is 5.94. The first-order chi connectivity index (χ1) is 10.8. The normalized spacial score (nSPS) is 21.2. The molecule has 22 heavy (non-hydrogen) atoms. The van der Waals surface area contributed by atoms with Gasteiger partial charge in [0.25, 0.3) is 0 Å². The maximum atomic E-state index is 6.01. The molecule has 3 heterocycles. The van der Waals surface area contributed by atoms with E-state index < -0.39 is 0 Å². The van der Waals surface area contributed by atoms with Crippen molar-refractivity contribution in [2.24, 2.45) is 0 Å². The van der Waals surface area contributed by atoms with Crippen LogP contribution in [0.5, 0.6) is 0 Å². The molecule has 1 aromatic carbocycles. The highest BCUT2D eigenvalue weighted by molar-refractivity contribution is 6.30. The maximum Gasteiger partial charge on any atom is 0.133 e. The van der Waals surface area contributed by atoms with Crippen molar-refractivity contribution in [3.63, 3.8) is 0 Å². The number of ether oxygens (including phenoxy) is 1. The maximum absolute atomic E-state index is 6.01. The summed E-state index contributed by atoms with van der Waals surface area (Å²) in [4.78, 5) is 0. The van der Waals surface area contributed by atoms with E-state index in [9.17, 15) is 0 Å². The van der Waals surface area contributed by atoms with Crippen molar-refractivity contribution in [2.45, 2.75) is 38.2 Å². The Hall–Kier alpha value is -1.52. The fourth-order valence-corrected chi connectivity index (χ4v) is 3.48. The van der Waals surface area contributed by atoms with Crippen molar-refractivity contribution >= 4 is 17.4 Å². The summed E-state index contributed by atoms with van der Waals surface area (Å²) in [5, 5.41) is 9.21. The monoisotopic (exact) mass is 317 g/mol. The Labute approximate surface area is 135 Å². The van der Waals surface area contributed by atoms with E-state index in [-0.39, 0.29) is 6.10 Å². The van der Waals surface area contributed by atoms with Crippen molar-refractivity contribution in [3.8, 4) is 5.69 Å². The number of hydrogen-bond donors (Lipinski definition) is 1. The van der Waals surface area contributed by atoms with Crippen LogP contribution < -0.4 is 5.32 Å². The van der Waals surface area contributed by atoms with Crippen molar-refractivity contribution in [2.75, 3.05) is 18.5 Å². The SMILES string of the molecule is Clc1ccc(-n2nc(C3CCCO3)c3c2NCCCC3)cc1. The van der Waals surface area contributed by atoms with E-state index in [4.69, 9.17) is 21.4 Å². The summed E-state index contributed by atoms with van der Waals surface area (Å²) in [7, 11) is 0. The molecule has 0 radical (unpaired) electrons. The van der Waals surface area contributed by atoms with Gasteiger partial charge in [0.2, 0.25) is 0 Å². The van der Waals surface area contributed by atoms with Crippen LogP contribution in [0.2, 0.25) is 5.02 Å². The first kappa shape index (κ1) is 14.1. The van der Waals surface area contributed by atoms with Crippen molar-refractivity contribution in [1.82, 2.24) is 9.78 Å². The van der Waals surface area contributed by atoms with E-state index in [2.05, 4.69) is 5.32 Å². The molecule has 1 atom stereocenters. The van der Waals surface area contributed by atoms with Crippen molar-refractivity contribution in [3.05, 3.63) is 40.5 Å². The number of fused-ring (bicyclic) bond motifs is 1. The third-order valence-corrected chi connectivity index (χ3v) is 4.72.